The fourth-order valence-electron chi connectivity index (χ4n) is 3.50. The summed E-state index contributed by atoms with van der Waals surface area (Å²) >= 11 is 5.90. The Balaban J connectivity index is 1.51. The third kappa shape index (κ3) is 4.18. The number of amides is 1. The fourth-order valence-corrected chi connectivity index (χ4v) is 3.63. The molecule has 5 aromatic rings. The predicted octanol–water partition coefficient (Wildman–Crippen LogP) is 3.58. The van der Waals surface area contributed by atoms with Gasteiger partial charge in [-0.2, -0.15) is 19.9 Å². The van der Waals surface area contributed by atoms with Crippen molar-refractivity contribution in [3.05, 3.63) is 93.2 Å². The first kappa shape index (κ1) is 21.5. The second-order valence-corrected chi connectivity index (χ2v) is 8.03. The van der Waals surface area contributed by atoms with Crippen LogP contribution in [0.15, 0.2) is 65.6 Å². The van der Waals surface area contributed by atoms with Crippen LogP contribution in [0.1, 0.15) is 11.3 Å². The van der Waals surface area contributed by atoms with Gasteiger partial charge in [-0.05, 0) is 48.9 Å². The maximum atomic E-state index is 13.3. The first-order valence-corrected chi connectivity index (χ1v) is 10.6. The summed E-state index contributed by atoms with van der Waals surface area (Å²) in [6.07, 6.45) is 1.51. The molecule has 0 aliphatic carbocycles. The van der Waals surface area contributed by atoms with Crippen LogP contribution in [0.5, 0.6) is 0 Å². The van der Waals surface area contributed by atoms with Crippen LogP contribution in [0.4, 0.5) is 10.2 Å². The lowest BCUT2D eigenvalue weighted by Crippen LogP contribution is -2.20. The van der Waals surface area contributed by atoms with Crippen LogP contribution in [0, 0.1) is 12.7 Å². The Labute approximate surface area is 196 Å². The van der Waals surface area contributed by atoms with E-state index in [9.17, 15) is 14.0 Å². The summed E-state index contributed by atoms with van der Waals surface area (Å²) in [5.74, 6) is -0.232. The summed E-state index contributed by atoms with van der Waals surface area (Å²) in [7, 11) is 0. The van der Waals surface area contributed by atoms with Crippen LogP contribution >= 0.6 is 11.6 Å². The molecule has 170 valence electrons. The molecular weight excluding hydrogens is 461 g/mol. The summed E-state index contributed by atoms with van der Waals surface area (Å²) in [4.78, 5) is 32.6. The van der Waals surface area contributed by atoms with Crippen molar-refractivity contribution in [1.29, 1.82) is 0 Å². The highest BCUT2D eigenvalue weighted by molar-refractivity contribution is 6.30. The summed E-state index contributed by atoms with van der Waals surface area (Å²) in [6.45, 7) is 1.75. The van der Waals surface area contributed by atoms with E-state index in [4.69, 9.17) is 11.6 Å². The number of carbonyl (C=O) groups is 1. The Morgan fingerprint density at radius 1 is 1.12 bits per heavy atom. The average Bonchev–Trinajstić information content (AvgIpc) is 3.39. The molecule has 0 spiro atoms. The van der Waals surface area contributed by atoms with Crippen LogP contribution < -0.4 is 10.9 Å². The van der Waals surface area contributed by atoms with Gasteiger partial charge in [-0.1, -0.05) is 23.7 Å². The molecule has 0 aliphatic rings. The molecule has 9 nitrogen and oxygen atoms in total. The highest BCUT2D eigenvalue weighted by Crippen LogP contribution is 2.19. The highest BCUT2D eigenvalue weighted by atomic mass is 35.5. The molecule has 2 aromatic carbocycles. The van der Waals surface area contributed by atoms with Gasteiger partial charge in [0.2, 0.25) is 11.9 Å². The van der Waals surface area contributed by atoms with Gasteiger partial charge in [-0.3, -0.25) is 14.6 Å². The van der Waals surface area contributed by atoms with E-state index in [2.05, 4.69) is 25.5 Å². The average molecular weight is 478 g/mol. The summed E-state index contributed by atoms with van der Waals surface area (Å²) in [5.41, 5.74) is 1.77. The molecule has 2 N–H and O–H groups in total. The van der Waals surface area contributed by atoms with Gasteiger partial charge in [0.05, 0.1) is 24.0 Å². The van der Waals surface area contributed by atoms with Gasteiger partial charge in [0, 0.05) is 11.1 Å². The molecule has 0 radical (unpaired) electrons. The second kappa shape index (κ2) is 8.56. The number of nitrogens with one attached hydrogen (secondary N) is 2. The van der Waals surface area contributed by atoms with E-state index in [1.54, 1.807) is 37.3 Å². The smallest absolute Gasteiger partial charge is 0.263 e. The van der Waals surface area contributed by atoms with E-state index in [-0.39, 0.29) is 29.3 Å². The van der Waals surface area contributed by atoms with Crippen LogP contribution in [0.2, 0.25) is 5.02 Å². The van der Waals surface area contributed by atoms with Crippen molar-refractivity contribution in [3.8, 4) is 11.6 Å². The molecule has 1 amide bonds. The third-order valence-electron chi connectivity index (χ3n) is 5.07. The Hall–Kier alpha value is -4.31. The van der Waals surface area contributed by atoms with E-state index in [0.29, 0.717) is 22.2 Å². The minimum absolute atomic E-state index is 0.0938. The lowest BCUT2D eigenvalue weighted by Gasteiger charge is -2.09. The first-order valence-electron chi connectivity index (χ1n) is 10.2. The summed E-state index contributed by atoms with van der Waals surface area (Å²) in [5, 5.41) is 12.2. The van der Waals surface area contributed by atoms with Crippen molar-refractivity contribution in [2.75, 3.05) is 5.32 Å². The Morgan fingerprint density at radius 2 is 1.85 bits per heavy atom. The zero-order chi connectivity index (χ0) is 23.8. The molecule has 3 aromatic heterocycles. The number of aromatic nitrogens is 6. The Kier molecular flexibility index (Phi) is 5.42. The number of nitrogens with zero attached hydrogens (tertiary/aromatic N) is 5. The molecule has 3 heterocycles. The van der Waals surface area contributed by atoms with E-state index >= 15 is 0 Å². The summed E-state index contributed by atoms with van der Waals surface area (Å²) < 4.78 is 16.1. The van der Waals surface area contributed by atoms with Gasteiger partial charge >= 0.3 is 0 Å². The number of aromatic amines is 1. The molecule has 5 rings (SSSR count). The fraction of sp³-hybridized carbons (Fsp3) is 0.0870. The number of rotatable bonds is 5. The number of carbonyl (C=O) groups excluding carboxylic acids is 1. The van der Waals surface area contributed by atoms with Crippen molar-refractivity contribution >= 4 is 34.4 Å². The van der Waals surface area contributed by atoms with Crippen molar-refractivity contribution < 1.29 is 9.18 Å². The van der Waals surface area contributed by atoms with Crippen molar-refractivity contribution in [2.45, 2.75) is 13.3 Å². The molecule has 11 heteroatoms. The Bertz CT molecular complexity index is 1570. The van der Waals surface area contributed by atoms with Gasteiger partial charge in [0.1, 0.15) is 17.0 Å². The molecule has 34 heavy (non-hydrogen) atoms. The third-order valence-corrected chi connectivity index (χ3v) is 5.33. The molecule has 0 fully saturated rings. The topological polar surface area (TPSA) is 110 Å². The SMILES string of the molecule is Cc1cc(NC(=O)Cc2ccc(Cl)cc2)n(-c2nc3c(cnn3-c3ccc(F)cc3)c(=O)[nH]2)n1. The molecule has 0 saturated carbocycles. The van der Waals surface area contributed by atoms with Crippen molar-refractivity contribution in [3.63, 3.8) is 0 Å². The van der Waals surface area contributed by atoms with E-state index in [1.807, 2.05) is 0 Å². The number of halogens is 2. The van der Waals surface area contributed by atoms with E-state index in [1.165, 1.54) is 39.8 Å². The minimum atomic E-state index is -0.431. The molecule has 0 unspecified atom stereocenters. The minimum Gasteiger partial charge on any atom is -0.310 e. The molecular formula is C23H17ClFN7O2. The standard InChI is InChI=1S/C23H17ClFN7O2/c1-13-10-19(27-20(33)11-14-2-4-15(24)5-3-14)32(30-13)23-28-21-18(22(34)29-23)12-26-31(21)17-8-6-16(25)7-9-17/h2-10,12H,11H2,1H3,(H,27,33)(H,28,29,34). The van der Waals surface area contributed by atoms with Crippen LogP contribution in [-0.4, -0.2) is 35.4 Å². The first-order chi connectivity index (χ1) is 16.4. The molecule has 0 atom stereocenters. The molecule has 0 bridgehead atoms. The van der Waals surface area contributed by atoms with Gasteiger partial charge in [0.25, 0.3) is 5.56 Å². The number of anilines is 1. The lowest BCUT2D eigenvalue weighted by molar-refractivity contribution is -0.115. The number of hydrogen-bond acceptors (Lipinski definition) is 5. The monoisotopic (exact) mass is 477 g/mol. The van der Waals surface area contributed by atoms with Crippen LogP contribution in [0.3, 0.4) is 0 Å². The Morgan fingerprint density at radius 3 is 2.59 bits per heavy atom. The summed E-state index contributed by atoms with van der Waals surface area (Å²) in [6, 6.07) is 14.3. The number of H-pyrrole nitrogens is 1. The normalized spacial score (nSPS) is 11.1. The van der Waals surface area contributed by atoms with Gasteiger partial charge in [0.15, 0.2) is 5.65 Å². The number of hydrogen-bond donors (Lipinski definition) is 2. The second-order valence-electron chi connectivity index (χ2n) is 7.59. The lowest BCUT2D eigenvalue weighted by atomic mass is 10.1. The van der Waals surface area contributed by atoms with E-state index < -0.39 is 11.4 Å². The number of aryl methyl sites for hydroxylation is 1. The van der Waals surface area contributed by atoms with Crippen molar-refractivity contribution in [1.82, 2.24) is 29.5 Å². The van der Waals surface area contributed by atoms with E-state index in [0.717, 1.165) is 5.56 Å². The van der Waals surface area contributed by atoms with Gasteiger partial charge in [-0.15, -0.1) is 0 Å². The van der Waals surface area contributed by atoms with Crippen LogP contribution in [0.25, 0.3) is 22.7 Å². The maximum Gasteiger partial charge on any atom is 0.263 e. The zero-order valence-electron chi connectivity index (χ0n) is 17.8. The predicted molar refractivity (Wildman–Crippen MR) is 125 cm³/mol. The molecule has 0 aliphatic heterocycles. The van der Waals surface area contributed by atoms with Crippen LogP contribution in [-0.2, 0) is 11.2 Å². The maximum absolute atomic E-state index is 13.3. The quantitative estimate of drug-likeness (QED) is 0.402. The highest BCUT2D eigenvalue weighted by Gasteiger charge is 2.17. The van der Waals surface area contributed by atoms with Gasteiger partial charge < -0.3 is 5.32 Å². The van der Waals surface area contributed by atoms with Crippen molar-refractivity contribution in [2.24, 2.45) is 0 Å². The zero-order valence-corrected chi connectivity index (χ0v) is 18.5. The molecule has 0 saturated heterocycles. The van der Waals surface area contributed by atoms with Gasteiger partial charge in [-0.25, -0.2) is 9.07 Å². The number of fused-ring (bicyclic) bond motifs is 1. The largest absolute Gasteiger partial charge is 0.310 e. The number of benzene rings is 2.